The van der Waals surface area contributed by atoms with Crippen LogP contribution in [0.25, 0.3) is 0 Å². The Morgan fingerprint density at radius 3 is 2.53 bits per heavy atom. The van der Waals surface area contributed by atoms with Crippen LogP contribution >= 0.6 is 0 Å². The molecule has 30 heavy (non-hydrogen) atoms. The summed E-state index contributed by atoms with van der Waals surface area (Å²) in [5.41, 5.74) is 2.04. The van der Waals surface area contributed by atoms with Crippen molar-refractivity contribution in [3.63, 3.8) is 0 Å². The zero-order chi connectivity index (χ0) is 21.3. The van der Waals surface area contributed by atoms with Gasteiger partial charge in [0.15, 0.2) is 11.5 Å². The minimum Gasteiger partial charge on any atom is -0.493 e. The van der Waals surface area contributed by atoms with E-state index in [0.29, 0.717) is 17.1 Å². The van der Waals surface area contributed by atoms with E-state index < -0.39 is 0 Å². The van der Waals surface area contributed by atoms with Gasteiger partial charge < -0.3 is 19.3 Å². The van der Waals surface area contributed by atoms with E-state index in [-0.39, 0.29) is 12.0 Å². The molecule has 1 aliphatic heterocycles. The molecule has 0 unspecified atom stereocenters. The highest BCUT2D eigenvalue weighted by Crippen LogP contribution is 2.29. The van der Waals surface area contributed by atoms with E-state index in [2.05, 4.69) is 35.2 Å². The lowest BCUT2D eigenvalue weighted by Gasteiger charge is -2.22. The first-order valence-electron chi connectivity index (χ1n) is 11.0. The molecule has 0 spiro atoms. The molecule has 5 heteroatoms. The lowest BCUT2D eigenvalue weighted by molar-refractivity contribution is 0.0761. The van der Waals surface area contributed by atoms with Gasteiger partial charge in [-0.2, -0.15) is 0 Å². The predicted molar refractivity (Wildman–Crippen MR) is 120 cm³/mol. The largest absolute Gasteiger partial charge is 0.493 e. The fourth-order valence-corrected chi connectivity index (χ4v) is 3.88. The maximum Gasteiger partial charge on any atom is 0.254 e. The van der Waals surface area contributed by atoms with Crippen LogP contribution in [0.15, 0.2) is 48.5 Å². The number of ether oxygens (including phenoxy) is 2. The van der Waals surface area contributed by atoms with Gasteiger partial charge in [-0.25, -0.2) is 0 Å². The Hall–Kier alpha value is -2.53. The second-order valence-corrected chi connectivity index (χ2v) is 8.11. The number of hydrogen-bond acceptors (Lipinski definition) is 4. The number of hydrogen-bond donors (Lipinski definition) is 0. The molecule has 0 radical (unpaired) electrons. The van der Waals surface area contributed by atoms with Crippen molar-refractivity contribution in [1.82, 2.24) is 9.80 Å². The van der Waals surface area contributed by atoms with E-state index in [1.165, 1.54) is 5.56 Å². The lowest BCUT2D eigenvalue weighted by atomic mass is 10.1. The van der Waals surface area contributed by atoms with Crippen molar-refractivity contribution >= 4 is 5.91 Å². The minimum absolute atomic E-state index is 0.0546. The van der Waals surface area contributed by atoms with Crippen LogP contribution in [0.5, 0.6) is 11.5 Å². The van der Waals surface area contributed by atoms with Crippen molar-refractivity contribution in [2.24, 2.45) is 0 Å². The summed E-state index contributed by atoms with van der Waals surface area (Å²) in [6, 6.07) is 16.1. The lowest BCUT2D eigenvalue weighted by Crippen LogP contribution is -2.35. The SMILES string of the molecule is COc1cc(C(=O)N2CCCN(CCCc3ccccc3)CC2)ccc1OC(C)C. The van der Waals surface area contributed by atoms with Crippen molar-refractivity contribution in [3.05, 3.63) is 59.7 Å². The molecule has 1 aliphatic rings. The van der Waals surface area contributed by atoms with E-state index in [9.17, 15) is 4.79 Å². The number of amides is 1. The van der Waals surface area contributed by atoms with Crippen molar-refractivity contribution in [1.29, 1.82) is 0 Å². The Labute approximate surface area is 180 Å². The van der Waals surface area contributed by atoms with Crippen LogP contribution in [0.1, 0.15) is 42.6 Å². The number of benzene rings is 2. The average Bonchev–Trinajstić information content (AvgIpc) is 3.00. The molecular formula is C25H34N2O3. The fourth-order valence-electron chi connectivity index (χ4n) is 3.88. The van der Waals surface area contributed by atoms with Gasteiger partial charge in [0, 0.05) is 25.2 Å². The summed E-state index contributed by atoms with van der Waals surface area (Å²) in [6.07, 6.45) is 3.30. The molecule has 1 fully saturated rings. The summed E-state index contributed by atoms with van der Waals surface area (Å²) < 4.78 is 11.2. The van der Waals surface area contributed by atoms with Crippen LogP contribution in [0.4, 0.5) is 0 Å². The summed E-state index contributed by atoms with van der Waals surface area (Å²) in [5.74, 6) is 1.34. The number of methoxy groups -OCH3 is 1. The third-order valence-corrected chi connectivity index (χ3v) is 5.43. The molecule has 0 aliphatic carbocycles. The van der Waals surface area contributed by atoms with Crippen LogP contribution < -0.4 is 9.47 Å². The van der Waals surface area contributed by atoms with Crippen LogP contribution in [0.2, 0.25) is 0 Å². The molecule has 3 rings (SSSR count). The number of carbonyl (C=O) groups excluding carboxylic acids is 1. The molecule has 0 N–H and O–H groups in total. The standard InChI is InChI=1S/C25H34N2O3/c1-20(2)30-23-13-12-22(19-24(23)29-3)25(28)27-16-8-15-26(17-18-27)14-7-11-21-9-5-4-6-10-21/h4-6,9-10,12-13,19-20H,7-8,11,14-18H2,1-3H3. The van der Waals surface area contributed by atoms with Crippen LogP contribution in [0, 0.1) is 0 Å². The molecule has 0 aromatic heterocycles. The molecule has 0 bridgehead atoms. The molecule has 1 saturated heterocycles. The van der Waals surface area contributed by atoms with Gasteiger partial charge in [-0.3, -0.25) is 4.79 Å². The summed E-state index contributed by atoms with van der Waals surface area (Å²) in [4.78, 5) is 17.5. The zero-order valence-electron chi connectivity index (χ0n) is 18.5. The topological polar surface area (TPSA) is 42.0 Å². The average molecular weight is 411 g/mol. The first-order chi connectivity index (χ1) is 14.6. The molecule has 162 valence electrons. The maximum atomic E-state index is 13.1. The van der Waals surface area contributed by atoms with E-state index in [1.54, 1.807) is 13.2 Å². The maximum absolute atomic E-state index is 13.1. The van der Waals surface area contributed by atoms with Gasteiger partial charge in [0.1, 0.15) is 0 Å². The van der Waals surface area contributed by atoms with Crippen LogP contribution in [-0.2, 0) is 6.42 Å². The van der Waals surface area contributed by atoms with Gasteiger partial charge in [0.05, 0.1) is 13.2 Å². The number of nitrogens with zero attached hydrogens (tertiary/aromatic N) is 2. The summed E-state index contributed by atoms with van der Waals surface area (Å²) in [6.45, 7) is 8.54. The Balaban J connectivity index is 1.53. The molecule has 1 amide bonds. The van der Waals surface area contributed by atoms with Gasteiger partial charge in [0.25, 0.3) is 5.91 Å². The minimum atomic E-state index is 0.0546. The molecule has 1 heterocycles. The summed E-state index contributed by atoms with van der Waals surface area (Å²) in [5, 5.41) is 0. The van der Waals surface area contributed by atoms with E-state index >= 15 is 0 Å². The van der Waals surface area contributed by atoms with E-state index in [1.807, 2.05) is 30.9 Å². The third kappa shape index (κ3) is 6.23. The van der Waals surface area contributed by atoms with Crippen molar-refractivity contribution < 1.29 is 14.3 Å². The van der Waals surface area contributed by atoms with E-state index in [4.69, 9.17) is 9.47 Å². The molecule has 2 aromatic rings. The smallest absolute Gasteiger partial charge is 0.254 e. The zero-order valence-corrected chi connectivity index (χ0v) is 18.5. The molecule has 2 aromatic carbocycles. The fraction of sp³-hybridized carbons (Fsp3) is 0.480. The molecule has 5 nitrogen and oxygen atoms in total. The van der Waals surface area contributed by atoms with Crippen LogP contribution in [0.3, 0.4) is 0 Å². The highest BCUT2D eigenvalue weighted by atomic mass is 16.5. The van der Waals surface area contributed by atoms with Gasteiger partial charge in [-0.15, -0.1) is 0 Å². The monoisotopic (exact) mass is 410 g/mol. The highest BCUT2D eigenvalue weighted by Gasteiger charge is 2.21. The third-order valence-electron chi connectivity index (χ3n) is 5.43. The summed E-state index contributed by atoms with van der Waals surface area (Å²) >= 11 is 0. The highest BCUT2D eigenvalue weighted by molar-refractivity contribution is 5.95. The Bertz CT molecular complexity index is 807. The van der Waals surface area contributed by atoms with Crippen LogP contribution in [-0.4, -0.2) is 61.6 Å². The quantitative estimate of drug-likeness (QED) is 0.652. The second kappa shape index (κ2) is 11.0. The number of aryl methyl sites for hydroxylation is 1. The molecule has 0 atom stereocenters. The number of carbonyl (C=O) groups is 1. The van der Waals surface area contributed by atoms with Crippen molar-refractivity contribution in [2.45, 2.75) is 39.2 Å². The van der Waals surface area contributed by atoms with Crippen molar-refractivity contribution in [3.8, 4) is 11.5 Å². The van der Waals surface area contributed by atoms with Gasteiger partial charge in [0.2, 0.25) is 0 Å². The molecule has 0 saturated carbocycles. The van der Waals surface area contributed by atoms with Crippen molar-refractivity contribution in [2.75, 3.05) is 39.8 Å². The predicted octanol–water partition coefficient (Wildman–Crippen LogP) is 4.26. The first kappa shape index (κ1) is 22.2. The number of rotatable bonds is 8. The summed E-state index contributed by atoms with van der Waals surface area (Å²) in [7, 11) is 1.61. The second-order valence-electron chi connectivity index (χ2n) is 8.11. The van der Waals surface area contributed by atoms with Gasteiger partial charge in [-0.1, -0.05) is 30.3 Å². The first-order valence-corrected chi connectivity index (χ1v) is 11.0. The van der Waals surface area contributed by atoms with E-state index in [0.717, 1.165) is 52.0 Å². The molecular weight excluding hydrogens is 376 g/mol. The van der Waals surface area contributed by atoms with Gasteiger partial charge >= 0.3 is 0 Å². The van der Waals surface area contributed by atoms with Gasteiger partial charge in [-0.05, 0) is 70.0 Å². The Morgan fingerprint density at radius 2 is 1.80 bits per heavy atom. The Kier molecular flexibility index (Phi) is 8.14. The Morgan fingerprint density at radius 1 is 1.00 bits per heavy atom. The normalized spacial score (nSPS) is 15.1.